The lowest BCUT2D eigenvalue weighted by Crippen LogP contribution is -2.31. The third-order valence-corrected chi connectivity index (χ3v) is 3.76. The maximum Gasteiger partial charge on any atom is 0.108 e. The number of hydrogen-bond acceptors (Lipinski definition) is 3. The number of aromatic nitrogens is 2. The third-order valence-electron chi connectivity index (χ3n) is 3.76. The predicted octanol–water partition coefficient (Wildman–Crippen LogP) is 2.05. The van der Waals surface area contributed by atoms with Gasteiger partial charge in [-0.15, -0.1) is 0 Å². The number of aliphatic hydroxyl groups excluding tert-OH is 1. The van der Waals surface area contributed by atoms with Gasteiger partial charge in [0.2, 0.25) is 0 Å². The lowest BCUT2D eigenvalue weighted by molar-refractivity contribution is -0.0559. The quantitative estimate of drug-likeness (QED) is 0.873. The van der Waals surface area contributed by atoms with E-state index < -0.39 is 6.10 Å². The van der Waals surface area contributed by atoms with E-state index in [9.17, 15) is 5.11 Å². The van der Waals surface area contributed by atoms with Crippen molar-refractivity contribution in [3.63, 3.8) is 0 Å². The number of aryl methyl sites for hydroxylation is 1. The summed E-state index contributed by atoms with van der Waals surface area (Å²) in [6.45, 7) is 0. The van der Waals surface area contributed by atoms with Gasteiger partial charge in [-0.2, -0.15) is 5.10 Å². The zero-order valence-corrected chi connectivity index (χ0v) is 10.7. The third kappa shape index (κ3) is 2.87. The molecule has 96 valence electrons. The van der Waals surface area contributed by atoms with Crippen molar-refractivity contribution >= 4 is 0 Å². The molecule has 1 heterocycles. The zero-order valence-electron chi connectivity index (χ0n) is 10.7. The Hall–Kier alpha value is -0.870. The molecule has 4 nitrogen and oxygen atoms in total. The first kappa shape index (κ1) is 12.6. The van der Waals surface area contributed by atoms with E-state index in [0.717, 1.165) is 18.4 Å². The molecular weight excluding hydrogens is 216 g/mol. The summed E-state index contributed by atoms with van der Waals surface area (Å²) in [7, 11) is 3.55. The topological polar surface area (TPSA) is 47.3 Å². The SMILES string of the molecule is COC(C1CCCCC1)C(O)c1cnn(C)c1. The Morgan fingerprint density at radius 1 is 1.41 bits per heavy atom. The highest BCUT2D eigenvalue weighted by Gasteiger charge is 2.30. The predicted molar refractivity (Wildman–Crippen MR) is 65.5 cm³/mol. The lowest BCUT2D eigenvalue weighted by atomic mass is 9.82. The van der Waals surface area contributed by atoms with Gasteiger partial charge in [0.05, 0.1) is 12.3 Å². The Bertz CT molecular complexity index is 345. The highest BCUT2D eigenvalue weighted by Crippen LogP contribution is 2.33. The molecule has 1 aliphatic rings. The van der Waals surface area contributed by atoms with Crippen LogP contribution in [0.15, 0.2) is 12.4 Å². The van der Waals surface area contributed by atoms with E-state index in [1.807, 2.05) is 13.2 Å². The van der Waals surface area contributed by atoms with Crippen molar-refractivity contribution in [3.8, 4) is 0 Å². The molecule has 2 rings (SSSR count). The molecule has 1 N–H and O–H groups in total. The van der Waals surface area contributed by atoms with Crippen LogP contribution in [0.25, 0.3) is 0 Å². The van der Waals surface area contributed by atoms with E-state index in [1.165, 1.54) is 19.3 Å². The first-order valence-corrected chi connectivity index (χ1v) is 6.41. The van der Waals surface area contributed by atoms with Gasteiger partial charge in [0, 0.05) is 25.9 Å². The van der Waals surface area contributed by atoms with Gasteiger partial charge in [0.25, 0.3) is 0 Å². The minimum Gasteiger partial charge on any atom is -0.386 e. The lowest BCUT2D eigenvalue weighted by Gasteiger charge is -2.32. The van der Waals surface area contributed by atoms with Crippen LogP contribution < -0.4 is 0 Å². The number of hydrogen-bond donors (Lipinski definition) is 1. The molecular formula is C13H22N2O2. The Morgan fingerprint density at radius 3 is 2.65 bits per heavy atom. The molecule has 0 radical (unpaired) electrons. The molecule has 1 saturated carbocycles. The van der Waals surface area contributed by atoms with Crippen molar-refractivity contribution in [2.75, 3.05) is 7.11 Å². The molecule has 2 atom stereocenters. The van der Waals surface area contributed by atoms with Crippen LogP contribution in [-0.2, 0) is 11.8 Å². The monoisotopic (exact) mass is 238 g/mol. The molecule has 0 aliphatic heterocycles. The van der Waals surface area contributed by atoms with Crippen molar-refractivity contribution in [2.24, 2.45) is 13.0 Å². The summed E-state index contributed by atoms with van der Waals surface area (Å²) >= 11 is 0. The number of rotatable bonds is 4. The number of nitrogens with zero attached hydrogens (tertiary/aromatic N) is 2. The van der Waals surface area contributed by atoms with Crippen LogP contribution in [0.4, 0.5) is 0 Å². The molecule has 17 heavy (non-hydrogen) atoms. The number of ether oxygens (including phenoxy) is 1. The summed E-state index contributed by atoms with van der Waals surface area (Å²) in [5.41, 5.74) is 0.852. The molecule has 1 aromatic rings. The minimum atomic E-state index is -0.559. The van der Waals surface area contributed by atoms with Crippen LogP contribution in [0.2, 0.25) is 0 Å². The van der Waals surface area contributed by atoms with Gasteiger partial charge >= 0.3 is 0 Å². The van der Waals surface area contributed by atoms with Crippen molar-refractivity contribution in [1.82, 2.24) is 9.78 Å². The smallest absolute Gasteiger partial charge is 0.108 e. The summed E-state index contributed by atoms with van der Waals surface area (Å²) in [6, 6.07) is 0. The van der Waals surface area contributed by atoms with E-state index in [2.05, 4.69) is 5.10 Å². The van der Waals surface area contributed by atoms with Crippen molar-refractivity contribution < 1.29 is 9.84 Å². The minimum absolute atomic E-state index is 0.0977. The van der Waals surface area contributed by atoms with E-state index >= 15 is 0 Å². The molecule has 1 aromatic heterocycles. The average molecular weight is 238 g/mol. The largest absolute Gasteiger partial charge is 0.386 e. The van der Waals surface area contributed by atoms with Crippen LogP contribution in [0.3, 0.4) is 0 Å². The van der Waals surface area contributed by atoms with Gasteiger partial charge in [0.1, 0.15) is 6.10 Å². The molecule has 0 amide bonds. The van der Waals surface area contributed by atoms with Crippen LogP contribution in [0.5, 0.6) is 0 Å². The van der Waals surface area contributed by atoms with Gasteiger partial charge in [0.15, 0.2) is 0 Å². The fourth-order valence-electron chi connectivity index (χ4n) is 2.82. The fourth-order valence-corrected chi connectivity index (χ4v) is 2.82. The Kier molecular flexibility index (Phi) is 4.18. The summed E-state index contributed by atoms with van der Waals surface area (Å²) < 4.78 is 7.24. The van der Waals surface area contributed by atoms with E-state index in [-0.39, 0.29) is 6.10 Å². The first-order chi connectivity index (χ1) is 8.22. The molecule has 2 unspecified atom stereocenters. The second-order valence-electron chi connectivity index (χ2n) is 4.99. The summed E-state index contributed by atoms with van der Waals surface area (Å²) in [5.74, 6) is 0.476. The molecule has 0 bridgehead atoms. The van der Waals surface area contributed by atoms with E-state index in [1.54, 1.807) is 18.0 Å². The van der Waals surface area contributed by atoms with Gasteiger partial charge < -0.3 is 9.84 Å². The Morgan fingerprint density at radius 2 is 2.12 bits per heavy atom. The molecule has 0 spiro atoms. The maximum absolute atomic E-state index is 10.4. The van der Waals surface area contributed by atoms with E-state index in [4.69, 9.17) is 4.74 Å². The first-order valence-electron chi connectivity index (χ1n) is 6.41. The van der Waals surface area contributed by atoms with Crippen LogP contribution in [0.1, 0.15) is 43.8 Å². The molecule has 0 aromatic carbocycles. The second-order valence-corrected chi connectivity index (χ2v) is 4.99. The van der Waals surface area contributed by atoms with Crippen molar-refractivity contribution in [2.45, 2.75) is 44.3 Å². The van der Waals surface area contributed by atoms with Crippen molar-refractivity contribution in [3.05, 3.63) is 18.0 Å². The van der Waals surface area contributed by atoms with Gasteiger partial charge in [-0.25, -0.2) is 0 Å². The summed E-state index contributed by atoms with van der Waals surface area (Å²) in [5, 5.41) is 14.5. The summed E-state index contributed by atoms with van der Waals surface area (Å²) in [4.78, 5) is 0. The second kappa shape index (κ2) is 5.65. The Labute approximate surface area is 103 Å². The average Bonchev–Trinajstić information content (AvgIpc) is 2.78. The number of aliphatic hydroxyl groups is 1. The number of methoxy groups -OCH3 is 1. The molecule has 1 fully saturated rings. The Balaban J connectivity index is 2.06. The molecule has 0 saturated heterocycles. The fraction of sp³-hybridized carbons (Fsp3) is 0.769. The summed E-state index contributed by atoms with van der Waals surface area (Å²) in [6.07, 6.45) is 9.08. The van der Waals surface area contributed by atoms with Crippen LogP contribution in [0, 0.1) is 5.92 Å². The standard InChI is InChI=1S/C13H22N2O2/c1-15-9-11(8-14-15)12(16)13(17-2)10-6-4-3-5-7-10/h8-10,12-13,16H,3-7H2,1-2H3. The highest BCUT2D eigenvalue weighted by molar-refractivity contribution is 5.10. The molecule has 1 aliphatic carbocycles. The van der Waals surface area contributed by atoms with Gasteiger partial charge in [-0.3, -0.25) is 4.68 Å². The van der Waals surface area contributed by atoms with Crippen LogP contribution >= 0.6 is 0 Å². The maximum atomic E-state index is 10.4. The van der Waals surface area contributed by atoms with Crippen molar-refractivity contribution in [1.29, 1.82) is 0 Å². The zero-order chi connectivity index (χ0) is 12.3. The highest BCUT2D eigenvalue weighted by atomic mass is 16.5. The van der Waals surface area contributed by atoms with Gasteiger partial charge in [-0.05, 0) is 18.8 Å². The van der Waals surface area contributed by atoms with Crippen LogP contribution in [-0.4, -0.2) is 28.1 Å². The van der Waals surface area contributed by atoms with Gasteiger partial charge in [-0.1, -0.05) is 19.3 Å². The molecule has 4 heteroatoms. The normalized spacial score (nSPS) is 21.4. The van der Waals surface area contributed by atoms with E-state index in [0.29, 0.717) is 5.92 Å².